The third-order valence-corrected chi connectivity index (χ3v) is 5.83. The first kappa shape index (κ1) is 20.1. The Morgan fingerprint density at radius 1 is 1.13 bits per heavy atom. The number of hydrogen-bond donors (Lipinski definition) is 1. The van der Waals surface area contributed by atoms with Gasteiger partial charge in [-0.15, -0.1) is 0 Å². The van der Waals surface area contributed by atoms with E-state index in [9.17, 15) is 9.59 Å². The Labute approximate surface area is 176 Å². The molecule has 2 aromatic carbocycles. The number of carbonyl (C=O) groups excluding carboxylic acids is 1. The second-order valence-electron chi connectivity index (χ2n) is 7.98. The summed E-state index contributed by atoms with van der Waals surface area (Å²) in [6, 6.07) is 18.1. The molecule has 0 spiro atoms. The normalized spacial score (nSPS) is 14.3. The van der Waals surface area contributed by atoms with Crippen molar-refractivity contribution in [3.8, 4) is 0 Å². The predicted molar refractivity (Wildman–Crippen MR) is 117 cm³/mol. The number of carbonyl (C=O) groups is 1. The minimum Gasteiger partial charge on any atom is -0.337 e. The number of aryl methyl sites for hydroxylation is 1. The van der Waals surface area contributed by atoms with Crippen LogP contribution in [0.15, 0.2) is 59.4 Å². The van der Waals surface area contributed by atoms with Crippen LogP contribution in [0.3, 0.4) is 0 Å². The number of rotatable bonds is 5. The largest absolute Gasteiger partial charge is 0.337 e. The number of hydrogen-bond acceptors (Lipinski definition) is 3. The Bertz CT molecular complexity index is 1090. The van der Waals surface area contributed by atoms with Gasteiger partial charge in [-0.2, -0.15) is 0 Å². The summed E-state index contributed by atoms with van der Waals surface area (Å²) >= 11 is 0. The van der Waals surface area contributed by atoms with Crippen molar-refractivity contribution in [1.29, 1.82) is 0 Å². The molecule has 1 N–H and O–H groups in total. The maximum atomic E-state index is 13.2. The van der Waals surface area contributed by atoms with E-state index in [4.69, 9.17) is 4.98 Å². The van der Waals surface area contributed by atoms with Gasteiger partial charge in [0.05, 0.1) is 23.7 Å². The van der Waals surface area contributed by atoms with Crippen LogP contribution in [-0.4, -0.2) is 27.3 Å². The van der Waals surface area contributed by atoms with E-state index in [1.165, 1.54) is 5.56 Å². The maximum absolute atomic E-state index is 13.2. The van der Waals surface area contributed by atoms with E-state index in [0.29, 0.717) is 37.3 Å². The van der Waals surface area contributed by atoms with Gasteiger partial charge in [-0.1, -0.05) is 67.1 Å². The molecule has 0 aliphatic carbocycles. The summed E-state index contributed by atoms with van der Waals surface area (Å²) < 4.78 is 0. The summed E-state index contributed by atoms with van der Waals surface area (Å²) in [6.45, 7) is 5.00. The number of H-pyrrole nitrogens is 1. The molecule has 0 unspecified atom stereocenters. The fourth-order valence-electron chi connectivity index (χ4n) is 4.11. The maximum Gasteiger partial charge on any atom is 0.256 e. The Hall–Kier alpha value is -3.21. The van der Waals surface area contributed by atoms with Crippen molar-refractivity contribution in [2.24, 2.45) is 0 Å². The van der Waals surface area contributed by atoms with Crippen molar-refractivity contribution in [3.05, 3.63) is 98.7 Å². The van der Waals surface area contributed by atoms with Gasteiger partial charge in [-0.05, 0) is 24.5 Å². The smallest absolute Gasteiger partial charge is 0.256 e. The lowest BCUT2D eigenvalue weighted by Gasteiger charge is -2.31. The molecule has 154 valence electrons. The van der Waals surface area contributed by atoms with Crippen LogP contribution in [0.25, 0.3) is 0 Å². The molecule has 1 aliphatic heterocycles. The van der Waals surface area contributed by atoms with Gasteiger partial charge in [0.15, 0.2) is 0 Å². The first-order valence-corrected chi connectivity index (χ1v) is 10.6. The van der Waals surface area contributed by atoms with E-state index in [-0.39, 0.29) is 17.4 Å². The summed E-state index contributed by atoms with van der Waals surface area (Å²) in [5, 5.41) is 0. The number of amides is 1. The molecule has 5 nitrogen and oxygen atoms in total. The number of aromatic amines is 1. The zero-order chi connectivity index (χ0) is 21.1. The zero-order valence-electron chi connectivity index (χ0n) is 17.5. The lowest BCUT2D eigenvalue weighted by molar-refractivity contribution is -0.133. The zero-order valence-corrected chi connectivity index (χ0v) is 17.5. The van der Waals surface area contributed by atoms with E-state index in [1.807, 2.05) is 37.3 Å². The van der Waals surface area contributed by atoms with E-state index in [1.54, 1.807) is 4.90 Å². The van der Waals surface area contributed by atoms with Crippen molar-refractivity contribution >= 4 is 5.91 Å². The molecule has 0 fully saturated rings. The van der Waals surface area contributed by atoms with Gasteiger partial charge in [-0.25, -0.2) is 4.98 Å². The molecule has 1 aromatic heterocycles. The highest BCUT2D eigenvalue weighted by atomic mass is 16.2. The number of fused-ring (bicyclic) bond motifs is 1. The molecule has 1 amide bonds. The molecule has 4 rings (SSSR count). The van der Waals surface area contributed by atoms with Crippen LogP contribution >= 0.6 is 0 Å². The molecule has 5 heteroatoms. The molecule has 30 heavy (non-hydrogen) atoms. The number of nitrogens with zero attached hydrogens (tertiary/aromatic N) is 2. The van der Waals surface area contributed by atoms with Crippen LogP contribution in [0.5, 0.6) is 0 Å². The van der Waals surface area contributed by atoms with Gasteiger partial charge in [0.2, 0.25) is 5.91 Å². The van der Waals surface area contributed by atoms with Crippen molar-refractivity contribution < 1.29 is 4.79 Å². The summed E-state index contributed by atoms with van der Waals surface area (Å²) in [4.78, 5) is 35.4. The summed E-state index contributed by atoms with van der Waals surface area (Å²) in [5.41, 5.74) is 4.65. The van der Waals surface area contributed by atoms with Crippen LogP contribution in [0.1, 0.15) is 53.0 Å². The monoisotopic (exact) mass is 401 g/mol. The highest BCUT2D eigenvalue weighted by Crippen LogP contribution is 2.25. The van der Waals surface area contributed by atoms with Gasteiger partial charge < -0.3 is 9.88 Å². The highest BCUT2D eigenvalue weighted by molar-refractivity contribution is 5.84. The number of nitrogens with one attached hydrogen (secondary N) is 1. The molecule has 1 aliphatic rings. The van der Waals surface area contributed by atoms with Crippen LogP contribution in [0.4, 0.5) is 0 Å². The van der Waals surface area contributed by atoms with Gasteiger partial charge in [-0.3, -0.25) is 9.59 Å². The molecule has 0 saturated carbocycles. The van der Waals surface area contributed by atoms with Gasteiger partial charge >= 0.3 is 0 Å². The van der Waals surface area contributed by atoms with Crippen LogP contribution in [0.2, 0.25) is 0 Å². The molecule has 0 bridgehead atoms. The number of benzene rings is 2. The van der Waals surface area contributed by atoms with E-state index in [2.05, 4.69) is 36.2 Å². The summed E-state index contributed by atoms with van der Waals surface area (Å²) in [5.74, 6) is 0.580. The lowest BCUT2D eigenvalue weighted by atomic mass is 9.94. The fourth-order valence-corrected chi connectivity index (χ4v) is 4.11. The van der Waals surface area contributed by atoms with Crippen molar-refractivity contribution in [3.63, 3.8) is 0 Å². The molecular formula is C25H27N3O2. The standard InChI is InChI=1S/C25H27N3O2/c1-3-20(19-7-5-4-6-8-19)25(30)28-14-13-22-21(16-28)24(29)27-23(26-22)15-18-11-9-17(2)10-12-18/h4-12,20H,3,13-16H2,1-2H3,(H,26,27,29)/t20-/m0/s1. The Balaban J connectivity index is 1.53. The summed E-state index contributed by atoms with van der Waals surface area (Å²) in [7, 11) is 0. The molecule has 3 aromatic rings. The highest BCUT2D eigenvalue weighted by Gasteiger charge is 2.29. The average molecular weight is 402 g/mol. The van der Waals surface area contributed by atoms with Crippen molar-refractivity contribution in [2.75, 3.05) is 6.54 Å². The third-order valence-electron chi connectivity index (χ3n) is 5.83. The lowest BCUT2D eigenvalue weighted by Crippen LogP contribution is -2.42. The van der Waals surface area contributed by atoms with Gasteiger partial charge in [0.1, 0.15) is 5.82 Å². The Kier molecular flexibility index (Phi) is 5.79. The van der Waals surface area contributed by atoms with E-state index < -0.39 is 0 Å². The van der Waals surface area contributed by atoms with Crippen molar-refractivity contribution in [1.82, 2.24) is 14.9 Å². The van der Waals surface area contributed by atoms with Gasteiger partial charge in [0, 0.05) is 19.4 Å². The van der Waals surface area contributed by atoms with Gasteiger partial charge in [0.25, 0.3) is 5.56 Å². The second kappa shape index (κ2) is 8.66. The van der Waals surface area contributed by atoms with Crippen molar-refractivity contribution in [2.45, 2.75) is 45.6 Å². The average Bonchev–Trinajstić information content (AvgIpc) is 2.76. The van der Waals surface area contributed by atoms with Crippen LogP contribution < -0.4 is 5.56 Å². The predicted octanol–water partition coefficient (Wildman–Crippen LogP) is 3.75. The molecular weight excluding hydrogens is 374 g/mol. The third kappa shape index (κ3) is 4.20. The number of aromatic nitrogens is 2. The fraction of sp³-hybridized carbons (Fsp3) is 0.320. The minimum atomic E-state index is -0.180. The summed E-state index contributed by atoms with van der Waals surface area (Å²) in [6.07, 6.45) is 1.94. The second-order valence-corrected chi connectivity index (χ2v) is 7.98. The van der Waals surface area contributed by atoms with E-state index >= 15 is 0 Å². The first-order chi connectivity index (χ1) is 14.5. The molecule has 0 radical (unpaired) electrons. The molecule has 2 heterocycles. The Morgan fingerprint density at radius 2 is 1.87 bits per heavy atom. The quantitative estimate of drug-likeness (QED) is 0.708. The van der Waals surface area contributed by atoms with Crippen LogP contribution in [-0.2, 0) is 24.2 Å². The van der Waals surface area contributed by atoms with E-state index in [0.717, 1.165) is 23.2 Å². The SMILES string of the molecule is CC[C@H](C(=O)N1CCc2nc(Cc3ccc(C)cc3)[nH]c(=O)c2C1)c1ccccc1. The Morgan fingerprint density at radius 3 is 2.57 bits per heavy atom. The topological polar surface area (TPSA) is 66.1 Å². The van der Waals surface area contributed by atoms with Crippen LogP contribution in [0, 0.1) is 6.92 Å². The minimum absolute atomic E-state index is 0.0810. The molecule has 0 saturated heterocycles. The first-order valence-electron chi connectivity index (χ1n) is 10.6. The molecule has 1 atom stereocenters.